The molecular formula is C17H24N2O2. The minimum atomic E-state index is 0.0427. The fourth-order valence-electron chi connectivity index (χ4n) is 2.94. The first-order valence-corrected chi connectivity index (χ1v) is 7.60. The fourth-order valence-corrected chi connectivity index (χ4v) is 2.94. The van der Waals surface area contributed by atoms with Crippen molar-refractivity contribution >= 4 is 11.7 Å². The molecule has 0 radical (unpaired) electrons. The van der Waals surface area contributed by atoms with E-state index in [-0.39, 0.29) is 17.7 Å². The maximum Gasteiger partial charge on any atom is 0.227 e. The lowest BCUT2D eigenvalue weighted by Crippen LogP contribution is -2.49. The van der Waals surface area contributed by atoms with Crippen molar-refractivity contribution in [3.8, 4) is 0 Å². The van der Waals surface area contributed by atoms with Gasteiger partial charge in [-0.05, 0) is 31.2 Å². The van der Waals surface area contributed by atoms with Crippen LogP contribution in [0.25, 0.3) is 0 Å². The molecule has 114 valence electrons. The van der Waals surface area contributed by atoms with Gasteiger partial charge in [0.1, 0.15) is 0 Å². The van der Waals surface area contributed by atoms with Crippen molar-refractivity contribution in [1.82, 2.24) is 4.90 Å². The molecule has 0 saturated carbocycles. The van der Waals surface area contributed by atoms with E-state index in [1.807, 2.05) is 17.0 Å². The highest BCUT2D eigenvalue weighted by Crippen LogP contribution is 2.22. The first kappa shape index (κ1) is 15.7. The van der Waals surface area contributed by atoms with Crippen molar-refractivity contribution in [2.24, 2.45) is 11.7 Å². The van der Waals surface area contributed by atoms with Crippen LogP contribution < -0.4 is 5.73 Å². The number of hydrogen-bond acceptors (Lipinski definition) is 3. The Morgan fingerprint density at radius 1 is 1.29 bits per heavy atom. The number of carbonyl (C=O) groups is 2. The van der Waals surface area contributed by atoms with Gasteiger partial charge in [-0.2, -0.15) is 0 Å². The van der Waals surface area contributed by atoms with Gasteiger partial charge in [0.15, 0.2) is 5.78 Å². The Balaban J connectivity index is 2.01. The molecule has 2 atom stereocenters. The summed E-state index contributed by atoms with van der Waals surface area (Å²) in [5.41, 5.74) is 7.43. The maximum absolute atomic E-state index is 12.5. The Morgan fingerprint density at radius 3 is 2.52 bits per heavy atom. The number of ketones is 1. The molecule has 1 aliphatic rings. The lowest BCUT2D eigenvalue weighted by molar-refractivity contribution is -0.134. The predicted molar refractivity (Wildman–Crippen MR) is 83.1 cm³/mol. The van der Waals surface area contributed by atoms with Gasteiger partial charge in [0.25, 0.3) is 0 Å². The zero-order chi connectivity index (χ0) is 15.4. The molecule has 0 spiro atoms. The predicted octanol–water partition coefficient (Wildman–Crippen LogP) is 2.02. The topological polar surface area (TPSA) is 63.4 Å². The van der Waals surface area contributed by atoms with Crippen LogP contribution in [0.3, 0.4) is 0 Å². The zero-order valence-electron chi connectivity index (χ0n) is 12.8. The number of likely N-dealkylation sites (tertiary alicyclic amines) is 1. The van der Waals surface area contributed by atoms with Crippen LogP contribution in [0.5, 0.6) is 0 Å². The smallest absolute Gasteiger partial charge is 0.227 e. The van der Waals surface area contributed by atoms with E-state index in [1.165, 1.54) is 0 Å². The molecule has 2 N–H and O–H groups in total. The van der Waals surface area contributed by atoms with Gasteiger partial charge >= 0.3 is 0 Å². The van der Waals surface area contributed by atoms with Gasteiger partial charge in [-0.1, -0.05) is 31.2 Å². The SMILES string of the molecule is CC(=O)c1ccc(CC(=O)N2CCC(C)CC2CN)cc1. The lowest BCUT2D eigenvalue weighted by Gasteiger charge is -2.38. The molecule has 1 aromatic rings. The summed E-state index contributed by atoms with van der Waals surface area (Å²) < 4.78 is 0. The first-order chi connectivity index (χ1) is 10.0. The highest BCUT2D eigenvalue weighted by atomic mass is 16.2. The van der Waals surface area contributed by atoms with Gasteiger partial charge in [0.05, 0.1) is 6.42 Å². The van der Waals surface area contributed by atoms with Crippen molar-refractivity contribution in [3.05, 3.63) is 35.4 Å². The Bertz CT molecular complexity index is 510. The van der Waals surface area contributed by atoms with Gasteiger partial charge in [-0.3, -0.25) is 9.59 Å². The summed E-state index contributed by atoms with van der Waals surface area (Å²) in [4.78, 5) is 25.6. The third-order valence-electron chi connectivity index (χ3n) is 4.29. The molecule has 0 bridgehead atoms. The Kier molecular flexibility index (Phi) is 5.12. The van der Waals surface area contributed by atoms with Crippen molar-refractivity contribution in [2.45, 2.75) is 39.2 Å². The van der Waals surface area contributed by atoms with Crippen molar-refractivity contribution in [2.75, 3.05) is 13.1 Å². The Hall–Kier alpha value is -1.68. The number of benzene rings is 1. The van der Waals surface area contributed by atoms with Gasteiger partial charge in [-0.15, -0.1) is 0 Å². The van der Waals surface area contributed by atoms with Crippen LogP contribution in [0.2, 0.25) is 0 Å². The van der Waals surface area contributed by atoms with E-state index >= 15 is 0 Å². The third-order valence-corrected chi connectivity index (χ3v) is 4.29. The monoisotopic (exact) mass is 288 g/mol. The number of carbonyl (C=O) groups excluding carboxylic acids is 2. The van der Waals surface area contributed by atoms with Gasteiger partial charge in [0, 0.05) is 24.7 Å². The molecule has 1 heterocycles. The number of amides is 1. The summed E-state index contributed by atoms with van der Waals surface area (Å²) in [5, 5.41) is 0. The molecule has 0 aromatic heterocycles. The van der Waals surface area contributed by atoms with E-state index in [9.17, 15) is 9.59 Å². The van der Waals surface area contributed by atoms with Gasteiger partial charge in [-0.25, -0.2) is 0 Å². The summed E-state index contributed by atoms with van der Waals surface area (Å²) in [6.07, 6.45) is 2.42. The fraction of sp³-hybridized carbons (Fsp3) is 0.529. The number of nitrogens with zero attached hydrogens (tertiary/aromatic N) is 1. The van der Waals surface area contributed by atoms with E-state index < -0.39 is 0 Å². The van der Waals surface area contributed by atoms with Crippen molar-refractivity contribution in [3.63, 3.8) is 0 Å². The van der Waals surface area contributed by atoms with Gasteiger partial charge < -0.3 is 10.6 Å². The lowest BCUT2D eigenvalue weighted by atomic mass is 9.92. The molecule has 1 saturated heterocycles. The number of Topliss-reactive ketones (excluding diaryl/α,β-unsaturated/α-hetero) is 1. The normalized spacial score (nSPS) is 22.1. The summed E-state index contributed by atoms with van der Waals surface area (Å²) in [5.74, 6) is 0.812. The molecule has 2 unspecified atom stereocenters. The largest absolute Gasteiger partial charge is 0.338 e. The summed E-state index contributed by atoms with van der Waals surface area (Å²) >= 11 is 0. The van der Waals surface area contributed by atoms with E-state index in [2.05, 4.69) is 6.92 Å². The molecule has 4 heteroatoms. The second kappa shape index (κ2) is 6.85. The van der Waals surface area contributed by atoms with Crippen molar-refractivity contribution in [1.29, 1.82) is 0 Å². The minimum Gasteiger partial charge on any atom is -0.338 e. The summed E-state index contributed by atoms with van der Waals surface area (Å²) in [6, 6.07) is 7.45. The third kappa shape index (κ3) is 3.91. The van der Waals surface area contributed by atoms with E-state index in [1.54, 1.807) is 19.1 Å². The Labute approximate surface area is 126 Å². The molecule has 1 aromatic carbocycles. The average molecular weight is 288 g/mol. The highest BCUT2D eigenvalue weighted by Gasteiger charge is 2.28. The molecule has 0 aliphatic carbocycles. The van der Waals surface area contributed by atoms with E-state index in [0.717, 1.165) is 24.9 Å². The second-order valence-corrected chi connectivity index (χ2v) is 6.04. The number of nitrogens with two attached hydrogens (primary N) is 1. The van der Waals surface area contributed by atoms with Crippen molar-refractivity contribution < 1.29 is 9.59 Å². The standard InChI is InChI=1S/C17H24N2O2/c1-12-7-8-19(16(9-12)11-18)17(21)10-14-3-5-15(6-4-14)13(2)20/h3-6,12,16H,7-11,18H2,1-2H3. The van der Waals surface area contributed by atoms with Crippen LogP contribution in [0.1, 0.15) is 42.6 Å². The van der Waals surface area contributed by atoms with Crippen LogP contribution in [-0.4, -0.2) is 35.7 Å². The molecule has 1 fully saturated rings. The molecule has 21 heavy (non-hydrogen) atoms. The van der Waals surface area contributed by atoms with E-state index in [4.69, 9.17) is 5.73 Å². The maximum atomic E-state index is 12.5. The van der Waals surface area contributed by atoms with Crippen LogP contribution >= 0.6 is 0 Å². The molecule has 2 rings (SSSR count). The van der Waals surface area contributed by atoms with Crippen LogP contribution in [0.15, 0.2) is 24.3 Å². The van der Waals surface area contributed by atoms with Gasteiger partial charge in [0.2, 0.25) is 5.91 Å². The molecule has 1 amide bonds. The molecule has 4 nitrogen and oxygen atoms in total. The van der Waals surface area contributed by atoms with Crippen LogP contribution in [-0.2, 0) is 11.2 Å². The summed E-state index contributed by atoms with van der Waals surface area (Å²) in [7, 11) is 0. The second-order valence-electron chi connectivity index (χ2n) is 6.04. The molecule has 1 aliphatic heterocycles. The highest BCUT2D eigenvalue weighted by molar-refractivity contribution is 5.94. The number of hydrogen-bond donors (Lipinski definition) is 1. The average Bonchev–Trinajstić information content (AvgIpc) is 2.47. The first-order valence-electron chi connectivity index (χ1n) is 7.60. The Morgan fingerprint density at radius 2 is 1.95 bits per heavy atom. The number of rotatable bonds is 4. The molecular weight excluding hydrogens is 264 g/mol. The number of piperidine rings is 1. The van der Waals surface area contributed by atoms with E-state index in [0.29, 0.717) is 24.4 Å². The van der Waals surface area contributed by atoms with Crippen LogP contribution in [0.4, 0.5) is 0 Å². The van der Waals surface area contributed by atoms with Crippen LogP contribution in [0, 0.1) is 5.92 Å². The zero-order valence-corrected chi connectivity index (χ0v) is 12.8. The quantitative estimate of drug-likeness (QED) is 0.862. The minimum absolute atomic E-state index is 0.0427. The summed E-state index contributed by atoms with van der Waals surface area (Å²) in [6.45, 7) is 5.08.